The molecule has 1 aliphatic rings. The van der Waals surface area contributed by atoms with Crippen molar-refractivity contribution in [3.05, 3.63) is 70.6 Å². The molecule has 0 aliphatic carbocycles. The Labute approximate surface area is 260 Å². The minimum atomic E-state index is -4.50. The number of hydrogen-bond donors (Lipinski definition) is 0. The molecule has 2 heterocycles. The molecule has 0 fully saturated rings. The highest BCUT2D eigenvalue weighted by atomic mass is 32.2. The Balaban J connectivity index is 2.28. The number of aromatic nitrogens is 1. The maximum atomic E-state index is 15.5. The normalized spacial score (nSPS) is 19.6. The van der Waals surface area contributed by atoms with Crippen LogP contribution in [-0.2, 0) is 24.8 Å². The average Bonchev–Trinajstić information content (AvgIpc) is 2.90. The van der Waals surface area contributed by atoms with Crippen molar-refractivity contribution < 1.29 is 40.7 Å². The number of amides is 2. The second kappa shape index (κ2) is 12.3. The van der Waals surface area contributed by atoms with Gasteiger partial charge in [-0.1, -0.05) is 12.1 Å². The molecule has 0 spiro atoms. The van der Waals surface area contributed by atoms with E-state index < -0.39 is 79.0 Å². The largest absolute Gasteiger partial charge is 0.443 e. The van der Waals surface area contributed by atoms with Gasteiger partial charge in [-0.15, -0.1) is 0 Å². The topological polar surface area (TPSA) is 120 Å². The van der Waals surface area contributed by atoms with E-state index in [1.807, 2.05) is 0 Å². The Bertz CT molecular complexity index is 1670. The molecule has 14 heteroatoms. The highest BCUT2D eigenvalue weighted by molar-refractivity contribution is 7.93. The predicted molar refractivity (Wildman–Crippen MR) is 163 cm³/mol. The minimum Gasteiger partial charge on any atom is -0.443 e. The Morgan fingerprint density at radius 2 is 1.64 bits per heavy atom. The van der Waals surface area contributed by atoms with E-state index in [-0.39, 0.29) is 21.8 Å². The summed E-state index contributed by atoms with van der Waals surface area (Å²) in [7, 11) is -4.50. The molecule has 0 N–H and O–H groups in total. The standard InChI is InChI=1S/C31H35F3N4O6S/c1-28(2,3)43-26(39)38(27(40)44-29(4,5)6)25-30(7,8)45(41,42)18-31(17-32,37-25)21-14-19(10-12-22(21)33)15-23(34)24-13-11-20(35-9)16-36-24/h10-16H,17-18H2,1-8H3/b23-15-/t31-/m0/s1. The highest BCUT2D eigenvalue weighted by Gasteiger charge is 2.56. The van der Waals surface area contributed by atoms with Crippen LogP contribution in [0.4, 0.5) is 28.4 Å². The third kappa shape index (κ3) is 7.70. The van der Waals surface area contributed by atoms with E-state index in [4.69, 9.17) is 16.0 Å². The van der Waals surface area contributed by atoms with Gasteiger partial charge in [-0.3, -0.25) is 9.98 Å². The lowest BCUT2D eigenvalue weighted by Crippen LogP contribution is -2.62. The second-order valence-electron chi connectivity index (χ2n) is 12.9. The lowest BCUT2D eigenvalue weighted by Gasteiger charge is -2.42. The van der Waals surface area contributed by atoms with E-state index in [0.29, 0.717) is 0 Å². The summed E-state index contributed by atoms with van der Waals surface area (Å²) in [5.41, 5.74) is -5.32. The van der Waals surface area contributed by atoms with Crippen LogP contribution < -0.4 is 0 Å². The summed E-state index contributed by atoms with van der Waals surface area (Å²) in [4.78, 5) is 38.5. The molecule has 0 bridgehead atoms. The Kier molecular flexibility index (Phi) is 9.61. The molecule has 1 atom stereocenters. The number of carbonyl (C=O) groups excluding carboxylic acids is 2. The van der Waals surface area contributed by atoms with Gasteiger partial charge >= 0.3 is 12.2 Å². The van der Waals surface area contributed by atoms with Crippen LogP contribution in [0.2, 0.25) is 0 Å². The lowest BCUT2D eigenvalue weighted by molar-refractivity contribution is 0.0138. The Hall–Kier alpha value is -4.25. The van der Waals surface area contributed by atoms with Crippen molar-refractivity contribution in [2.75, 3.05) is 12.4 Å². The maximum Gasteiger partial charge on any atom is 0.425 e. The Morgan fingerprint density at radius 3 is 2.11 bits per heavy atom. The number of alkyl halides is 1. The number of ether oxygens (including phenoxy) is 2. The molecule has 1 aromatic carbocycles. The molecule has 2 aromatic rings. The molecule has 45 heavy (non-hydrogen) atoms. The fraction of sp³-hybridized carbons (Fsp3) is 0.452. The summed E-state index contributed by atoms with van der Waals surface area (Å²) in [6, 6.07) is 5.71. The number of halogens is 3. The number of benzene rings is 1. The molecule has 0 saturated carbocycles. The number of rotatable bonds is 4. The van der Waals surface area contributed by atoms with Crippen LogP contribution in [-0.4, -0.2) is 64.7 Å². The van der Waals surface area contributed by atoms with Crippen molar-refractivity contribution in [2.45, 2.75) is 76.9 Å². The van der Waals surface area contributed by atoms with E-state index in [1.54, 1.807) is 0 Å². The molecule has 1 aromatic heterocycles. The van der Waals surface area contributed by atoms with Crippen molar-refractivity contribution in [1.82, 2.24) is 9.88 Å². The first-order valence-corrected chi connectivity index (χ1v) is 15.4. The third-order valence-corrected chi connectivity index (χ3v) is 9.15. The van der Waals surface area contributed by atoms with Crippen molar-refractivity contribution in [3.63, 3.8) is 0 Å². The molecule has 0 radical (unpaired) electrons. The zero-order valence-corrected chi connectivity index (χ0v) is 27.1. The fourth-order valence-corrected chi connectivity index (χ4v) is 5.97. The summed E-state index contributed by atoms with van der Waals surface area (Å²) in [6.07, 6.45) is -0.557. The molecule has 242 valence electrons. The monoisotopic (exact) mass is 648 g/mol. The fourth-order valence-electron chi connectivity index (χ4n) is 4.27. The van der Waals surface area contributed by atoms with Crippen molar-refractivity contribution in [3.8, 4) is 0 Å². The summed E-state index contributed by atoms with van der Waals surface area (Å²) in [5, 5.41) is 0. The summed E-state index contributed by atoms with van der Waals surface area (Å²) in [5.74, 6) is -3.73. The molecule has 1 aliphatic heterocycles. The zero-order valence-electron chi connectivity index (χ0n) is 26.2. The number of nitrogens with zero attached hydrogens (tertiary/aromatic N) is 4. The first kappa shape index (κ1) is 35.2. The van der Waals surface area contributed by atoms with Gasteiger partial charge in [0.2, 0.25) is 5.69 Å². The SMILES string of the molecule is [C-]#[N+]c1ccc(/C(F)=C/c2ccc(F)c([C@]3(CF)CS(=O)(=O)C(C)(C)C(N(C(=O)OC(C)(C)C)C(=O)OC(C)(C)C)=N3)c2)nc1. The van der Waals surface area contributed by atoms with Gasteiger partial charge in [-0.25, -0.2) is 36.0 Å². The van der Waals surface area contributed by atoms with Gasteiger partial charge in [0.1, 0.15) is 45.6 Å². The van der Waals surface area contributed by atoms with Gasteiger partial charge in [0, 0.05) is 11.8 Å². The van der Waals surface area contributed by atoms with E-state index in [2.05, 4.69) is 14.8 Å². The van der Waals surface area contributed by atoms with Crippen LogP contribution in [0.25, 0.3) is 16.7 Å². The second-order valence-corrected chi connectivity index (χ2v) is 15.4. The van der Waals surface area contributed by atoms with Gasteiger partial charge in [0.15, 0.2) is 9.84 Å². The molecule has 0 saturated heterocycles. The first-order valence-electron chi connectivity index (χ1n) is 13.7. The van der Waals surface area contributed by atoms with Crippen LogP contribution in [0.15, 0.2) is 41.5 Å². The van der Waals surface area contributed by atoms with Gasteiger partial charge in [0.05, 0.1) is 18.0 Å². The van der Waals surface area contributed by atoms with Crippen LogP contribution in [0.5, 0.6) is 0 Å². The predicted octanol–water partition coefficient (Wildman–Crippen LogP) is 7.18. The van der Waals surface area contributed by atoms with Crippen LogP contribution in [0.1, 0.15) is 72.2 Å². The zero-order chi connectivity index (χ0) is 34.2. The number of sulfone groups is 1. The molecule has 0 unspecified atom stereocenters. The van der Waals surface area contributed by atoms with Gasteiger partial charge in [-0.05, 0) is 85.2 Å². The van der Waals surface area contributed by atoms with E-state index in [0.717, 1.165) is 24.4 Å². The van der Waals surface area contributed by atoms with Crippen molar-refractivity contribution in [1.29, 1.82) is 0 Å². The first-order chi connectivity index (χ1) is 20.6. The number of pyridine rings is 1. The van der Waals surface area contributed by atoms with Crippen molar-refractivity contribution in [2.24, 2.45) is 4.99 Å². The molecule has 10 nitrogen and oxygen atoms in total. The average molecular weight is 649 g/mol. The van der Waals surface area contributed by atoms with E-state index in [9.17, 15) is 18.0 Å². The smallest absolute Gasteiger partial charge is 0.425 e. The molecule has 3 rings (SSSR count). The molecular formula is C31H35F3N4O6S. The summed E-state index contributed by atoms with van der Waals surface area (Å²) < 4.78 is 82.0. The van der Waals surface area contributed by atoms with E-state index in [1.165, 1.54) is 73.6 Å². The van der Waals surface area contributed by atoms with E-state index >= 15 is 13.2 Å². The highest BCUT2D eigenvalue weighted by Crippen LogP contribution is 2.41. The Morgan fingerprint density at radius 1 is 1.07 bits per heavy atom. The lowest BCUT2D eigenvalue weighted by atomic mass is 9.90. The number of carbonyl (C=O) groups is 2. The van der Waals surface area contributed by atoms with Gasteiger partial charge in [-0.2, -0.15) is 4.90 Å². The maximum absolute atomic E-state index is 15.5. The summed E-state index contributed by atoms with van der Waals surface area (Å²) >= 11 is 0. The molecule has 2 amide bonds. The quantitative estimate of drug-likeness (QED) is 0.322. The number of aliphatic imine (C=N–C) groups is 1. The number of amidine groups is 1. The molecular weight excluding hydrogens is 613 g/mol. The van der Waals surface area contributed by atoms with Crippen LogP contribution in [0, 0.1) is 12.4 Å². The van der Waals surface area contributed by atoms with Gasteiger partial charge < -0.3 is 9.47 Å². The van der Waals surface area contributed by atoms with Crippen LogP contribution in [0.3, 0.4) is 0 Å². The van der Waals surface area contributed by atoms with Crippen molar-refractivity contribution >= 4 is 45.4 Å². The number of imide groups is 1. The minimum absolute atomic E-state index is 0.00269. The number of hydrogen-bond acceptors (Lipinski definition) is 8. The third-order valence-electron chi connectivity index (χ3n) is 6.56. The van der Waals surface area contributed by atoms with Crippen LogP contribution >= 0.6 is 0 Å². The summed E-state index contributed by atoms with van der Waals surface area (Å²) in [6.45, 7) is 16.8. The van der Waals surface area contributed by atoms with Gasteiger partial charge in [0.25, 0.3) is 0 Å².